The van der Waals surface area contributed by atoms with Crippen LogP contribution in [0.5, 0.6) is 0 Å². The Kier molecular flexibility index (Phi) is 4.79. The van der Waals surface area contributed by atoms with Crippen LogP contribution in [-0.4, -0.2) is 48.6 Å². The molecular formula is C12H24N2S. The van der Waals surface area contributed by atoms with Gasteiger partial charge in [0.15, 0.2) is 0 Å². The summed E-state index contributed by atoms with van der Waals surface area (Å²) in [5.74, 6) is 2.32. The third-order valence-corrected chi connectivity index (χ3v) is 5.03. The van der Waals surface area contributed by atoms with Crippen molar-refractivity contribution in [3.63, 3.8) is 0 Å². The summed E-state index contributed by atoms with van der Waals surface area (Å²) >= 11 is 2.17. The Morgan fingerprint density at radius 2 is 2.13 bits per heavy atom. The zero-order valence-corrected chi connectivity index (χ0v) is 10.7. The number of thioether (sulfide) groups is 1. The number of rotatable bonds is 3. The molecule has 2 nitrogen and oxygen atoms in total. The van der Waals surface area contributed by atoms with E-state index in [4.69, 9.17) is 0 Å². The molecule has 0 aromatic carbocycles. The van der Waals surface area contributed by atoms with Gasteiger partial charge in [0.1, 0.15) is 0 Å². The van der Waals surface area contributed by atoms with Crippen molar-refractivity contribution in [2.75, 3.05) is 38.5 Å². The summed E-state index contributed by atoms with van der Waals surface area (Å²) in [6.07, 6.45) is 4.12. The summed E-state index contributed by atoms with van der Waals surface area (Å²) in [5.41, 5.74) is 0. The highest BCUT2D eigenvalue weighted by atomic mass is 32.2. The van der Waals surface area contributed by atoms with Crippen molar-refractivity contribution < 1.29 is 0 Å². The number of nitrogens with zero attached hydrogens (tertiary/aromatic N) is 1. The fourth-order valence-corrected chi connectivity index (χ4v) is 3.87. The molecule has 2 aliphatic heterocycles. The van der Waals surface area contributed by atoms with Gasteiger partial charge in [-0.3, -0.25) is 0 Å². The third kappa shape index (κ3) is 3.65. The molecular weight excluding hydrogens is 204 g/mol. The summed E-state index contributed by atoms with van der Waals surface area (Å²) in [4.78, 5) is 2.71. The van der Waals surface area contributed by atoms with Gasteiger partial charge in [0.2, 0.25) is 0 Å². The maximum Gasteiger partial charge on any atom is 0.0172 e. The van der Waals surface area contributed by atoms with Crippen LogP contribution in [0.2, 0.25) is 0 Å². The summed E-state index contributed by atoms with van der Waals surface area (Å²) in [6.45, 7) is 8.83. The van der Waals surface area contributed by atoms with Crippen LogP contribution in [0, 0.1) is 5.92 Å². The summed E-state index contributed by atoms with van der Waals surface area (Å²) in [5, 5.41) is 4.35. The van der Waals surface area contributed by atoms with Crippen molar-refractivity contribution in [3.8, 4) is 0 Å². The molecule has 0 aromatic rings. The number of nitrogens with one attached hydrogen (secondary N) is 1. The molecule has 0 radical (unpaired) electrons. The largest absolute Gasteiger partial charge is 0.317 e. The second kappa shape index (κ2) is 6.12. The first-order valence-corrected chi connectivity index (χ1v) is 7.48. The first kappa shape index (κ1) is 11.7. The second-order valence-electron chi connectivity index (χ2n) is 4.85. The van der Waals surface area contributed by atoms with E-state index in [1.807, 2.05) is 0 Å². The van der Waals surface area contributed by atoms with Crippen molar-refractivity contribution in [1.29, 1.82) is 0 Å². The molecule has 2 fully saturated rings. The van der Waals surface area contributed by atoms with Gasteiger partial charge in [-0.05, 0) is 38.3 Å². The van der Waals surface area contributed by atoms with Crippen LogP contribution in [0.25, 0.3) is 0 Å². The van der Waals surface area contributed by atoms with Crippen LogP contribution in [-0.2, 0) is 0 Å². The Hall–Kier alpha value is 0.270. The normalized spacial score (nSPS) is 30.6. The van der Waals surface area contributed by atoms with Crippen molar-refractivity contribution >= 4 is 11.8 Å². The topological polar surface area (TPSA) is 15.3 Å². The molecule has 2 rings (SSSR count). The van der Waals surface area contributed by atoms with E-state index >= 15 is 0 Å². The van der Waals surface area contributed by atoms with Crippen LogP contribution in [0.15, 0.2) is 0 Å². The fraction of sp³-hybridized carbons (Fsp3) is 1.00. The fourth-order valence-electron chi connectivity index (χ4n) is 2.62. The maximum absolute atomic E-state index is 3.45. The molecule has 1 atom stereocenters. The minimum Gasteiger partial charge on any atom is -0.317 e. The van der Waals surface area contributed by atoms with E-state index in [9.17, 15) is 0 Å². The number of piperidine rings is 1. The first-order valence-electron chi connectivity index (χ1n) is 6.43. The van der Waals surface area contributed by atoms with Gasteiger partial charge in [-0.25, -0.2) is 0 Å². The lowest BCUT2D eigenvalue weighted by molar-refractivity contribution is 0.210. The summed E-state index contributed by atoms with van der Waals surface area (Å²) in [6, 6.07) is 0. The molecule has 0 bridgehead atoms. The van der Waals surface area contributed by atoms with E-state index in [2.05, 4.69) is 28.9 Å². The van der Waals surface area contributed by atoms with Crippen molar-refractivity contribution in [3.05, 3.63) is 0 Å². The van der Waals surface area contributed by atoms with Gasteiger partial charge < -0.3 is 10.2 Å². The molecule has 0 aliphatic carbocycles. The number of hydrogen-bond donors (Lipinski definition) is 1. The predicted octanol–water partition coefficient (Wildman–Crippen LogP) is 1.81. The zero-order chi connectivity index (χ0) is 10.5. The Balaban J connectivity index is 1.72. The Morgan fingerprint density at radius 3 is 2.87 bits per heavy atom. The average Bonchev–Trinajstić information content (AvgIpc) is 2.31. The Morgan fingerprint density at radius 1 is 1.33 bits per heavy atom. The van der Waals surface area contributed by atoms with Gasteiger partial charge in [-0.1, -0.05) is 6.92 Å². The smallest absolute Gasteiger partial charge is 0.0172 e. The van der Waals surface area contributed by atoms with Crippen molar-refractivity contribution in [2.45, 2.75) is 31.4 Å². The lowest BCUT2D eigenvalue weighted by atomic mass is 9.97. The molecule has 2 heterocycles. The van der Waals surface area contributed by atoms with Gasteiger partial charge >= 0.3 is 0 Å². The van der Waals surface area contributed by atoms with E-state index in [0.717, 1.165) is 11.2 Å². The third-order valence-electron chi connectivity index (χ3n) is 3.65. The van der Waals surface area contributed by atoms with E-state index < -0.39 is 0 Å². The van der Waals surface area contributed by atoms with Crippen LogP contribution >= 0.6 is 11.8 Å². The average molecular weight is 228 g/mol. The van der Waals surface area contributed by atoms with Gasteiger partial charge in [-0.2, -0.15) is 11.8 Å². The predicted molar refractivity (Wildman–Crippen MR) is 68.6 cm³/mol. The molecule has 0 spiro atoms. The van der Waals surface area contributed by atoms with Gasteiger partial charge in [0.25, 0.3) is 0 Å². The van der Waals surface area contributed by atoms with E-state index in [1.165, 1.54) is 57.7 Å². The lowest BCUT2D eigenvalue weighted by Crippen LogP contribution is -2.42. The van der Waals surface area contributed by atoms with Crippen LogP contribution in [0.4, 0.5) is 0 Å². The summed E-state index contributed by atoms with van der Waals surface area (Å²) < 4.78 is 0. The highest BCUT2D eigenvalue weighted by Crippen LogP contribution is 2.23. The maximum atomic E-state index is 3.45. The lowest BCUT2D eigenvalue weighted by Gasteiger charge is -2.35. The Bertz CT molecular complexity index is 180. The quantitative estimate of drug-likeness (QED) is 0.793. The SMILES string of the molecule is CCC1CN(CC2CCNCC2)CCS1. The van der Waals surface area contributed by atoms with E-state index in [0.29, 0.717) is 0 Å². The van der Waals surface area contributed by atoms with E-state index in [-0.39, 0.29) is 0 Å². The Labute approximate surface area is 98.2 Å². The molecule has 88 valence electrons. The second-order valence-corrected chi connectivity index (χ2v) is 6.26. The molecule has 15 heavy (non-hydrogen) atoms. The van der Waals surface area contributed by atoms with Crippen LogP contribution in [0.1, 0.15) is 26.2 Å². The van der Waals surface area contributed by atoms with Crippen molar-refractivity contribution in [2.24, 2.45) is 5.92 Å². The molecule has 3 heteroatoms. The number of hydrogen-bond acceptors (Lipinski definition) is 3. The van der Waals surface area contributed by atoms with Gasteiger partial charge in [0.05, 0.1) is 0 Å². The minimum atomic E-state index is 0.903. The van der Waals surface area contributed by atoms with Gasteiger partial charge in [-0.15, -0.1) is 0 Å². The standard InChI is InChI=1S/C12H24N2S/c1-2-12-10-14(7-8-15-12)9-11-3-5-13-6-4-11/h11-13H,2-10H2,1H3. The van der Waals surface area contributed by atoms with Gasteiger partial charge in [0, 0.05) is 30.6 Å². The molecule has 2 saturated heterocycles. The minimum absolute atomic E-state index is 0.903. The molecule has 0 aromatic heterocycles. The molecule has 2 aliphatic rings. The summed E-state index contributed by atoms with van der Waals surface area (Å²) in [7, 11) is 0. The molecule has 1 unspecified atom stereocenters. The van der Waals surface area contributed by atoms with Crippen LogP contribution in [0.3, 0.4) is 0 Å². The zero-order valence-electron chi connectivity index (χ0n) is 9.87. The first-order chi connectivity index (χ1) is 7.38. The van der Waals surface area contributed by atoms with E-state index in [1.54, 1.807) is 0 Å². The molecule has 0 saturated carbocycles. The van der Waals surface area contributed by atoms with Crippen LogP contribution < -0.4 is 5.32 Å². The highest BCUT2D eigenvalue weighted by Gasteiger charge is 2.22. The molecule has 1 N–H and O–H groups in total. The monoisotopic (exact) mass is 228 g/mol. The van der Waals surface area contributed by atoms with Crippen molar-refractivity contribution in [1.82, 2.24) is 10.2 Å². The molecule has 0 amide bonds. The highest BCUT2D eigenvalue weighted by molar-refractivity contribution is 8.00.